The summed E-state index contributed by atoms with van der Waals surface area (Å²) < 4.78 is 13.6. The van der Waals surface area contributed by atoms with Crippen LogP contribution < -0.4 is 10.6 Å². The van der Waals surface area contributed by atoms with Gasteiger partial charge in [-0.05, 0) is 42.5 Å². The minimum atomic E-state index is -0.580. The summed E-state index contributed by atoms with van der Waals surface area (Å²) in [6, 6.07) is 18.2. The summed E-state index contributed by atoms with van der Waals surface area (Å²) in [5.41, 5.74) is 1.69. The lowest BCUT2D eigenvalue weighted by Gasteiger charge is -2.08. The van der Waals surface area contributed by atoms with Crippen LogP contribution in [-0.2, 0) is 0 Å². The van der Waals surface area contributed by atoms with Crippen LogP contribution in [0.25, 0.3) is 0 Å². The molecular weight excluding hydrogens is 319 g/mol. The molecule has 0 bridgehead atoms. The maximum atomic E-state index is 13.6. The van der Waals surface area contributed by atoms with E-state index in [9.17, 15) is 9.18 Å². The van der Waals surface area contributed by atoms with E-state index in [0.29, 0.717) is 17.1 Å². The normalized spacial score (nSPS) is 9.92. The molecule has 0 saturated carbocycles. The molecule has 1 aromatic heterocycles. The lowest BCUT2D eigenvalue weighted by Crippen LogP contribution is -2.13. The molecule has 25 heavy (non-hydrogen) atoms. The van der Waals surface area contributed by atoms with Gasteiger partial charge in [0.15, 0.2) is 0 Å². The molecule has 3 aromatic rings. The van der Waals surface area contributed by atoms with Gasteiger partial charge in [0, 0.05) is 5.69 Å². The lowest BCUT2D eigenvalue weighted by atomic mass is 10.2. The van der Waals surface area contributed by atoms with Crippen molar-refractivity contribution >= 4 is 23.1 Å². The summed E-state index contributed by atoms with van der Waals surface area (Å²) in [5.74, 6) is -0.565. The third-order valence-corrected chi connectivity index (χ3v) is 3.40. The fourth-order valence-corrected chi connectivity index (χ4v) is 2.20. The predicted octanol–water partition coefficient (Wildman–Crippen LogP) is 4.09. The zero-order valence-electron chi connectivity index (χ0n) is 13.0. The van der Waals surface area contributed by atoms with Crippen molar-refractivity contribution < 1.29 is 9.18 Å². The lowest BCUT2D eigenvalue weighted by molar-refractivity contribution is 0.102. The summed E-state index contributed by atoms with van der Waals surface area (Å²) in [6.45, 7) is 0. The van der Waals surface area contributed by atoms with E-state index in [-0.39, 0.29) is 5.56 Å². The largest absolute Gasteiger partial charge is 0.340 e. The molecule has 2 aromatic carbocycles. The number of aromatic nitrogens is 1. The monoisotopic (exact) mass is 332 g/mol. The second-order valence-electron chi connectivity index (χ2n) is 5.18. The molecular formula is C19H13FN4O. The molecule has 1 amide bonds. The Hall–Kier alpha value is -3.72. The van der Waals surface area contributed by atoms with Gasteiger partial charge in [0.25, 0.3) is 5.91 Å². The number of halogens is 1. The number of benzene rings is 2. The number of carbonyl (C=O) groups is 1. The van der Waals surface area contributed by atoms with Gasteiger partial charge in [-0.1, -0.05) is 18.2 Å². The number of hydrogen-bond donors (Lipinski definition) is 2. The zero-order chi connectivity index (χ0) is 17.6. The summed E-state index contributed by atoms with van der Waals surface area (Å²) in [7, 11) is 0. The van der Waals surface area contributed by atoms with E-state index in [4.69, 9.17) is 5.26 Å². The molecule has 0 fully saturated rings. The zero-order valence-corrected chi connectivity index (χ0v) is 13.0. The Bertz CT molecular complexity index is 948. The predicted molar refractivity (Wildman–Crippen MR) is 93.0 cm³/mol. The molecule has 0 aliphatic heterocycles. The Labute approximate surface area is 143 Å². The summed E-state index contributed by atoms with van der Waals surface area (Å²) in [6.07, 6.45) is 1.47. The van der Waals surface area contributed by atoms with E-state index in [0.717, 1.165) is 5.69 Å². The fraction of sp³-hybridized carbons (Fsp3) is 0. The van der Waals surface area contributed by atoms with E-state index < -0.39 is 11.7 Å². The SMILES string of the molecule is N#Cc1cccc(Nc2ccc(NC(=O)c3ccccc3F)cn2)c1. The molecule has 0 spiro atoms. The second kappa shape index (κ2) is 7.23. The molecule has 3 rings (SSSR count). The van der Waals surface area contributed by atoms with Crippen LogP contribution in [0.5, 0.6) is 0 Å². The third-order valence-electron chi connectivity index (χ3n) is 3.40. The first kappa shape index (κ1) is 16.1. The first-order valence-electron chi connectivity index (χ1n) is 7.45. The van der Waals surface area contributed by atoms with E-state index in [1.165, 1.54) is 24.4 Å². The van der Waals surface area contributed by atoms with Crippen LogP contribution in [0.3, 0.4) is 0 Å². The van der Waals surface area contributed by atoms with Crippen LogP contribution in [0, 0.1) is 17.1 Å². The Morgan fingerprint density at radius 3 is 2.60 bits per heavy atom. The van der Waals surface area contributed by atoms with Crippen LogP contribution in [0.1, 0.15) is 15.9 Å². The van der Waals surface area contributed by atoms with Gasteiger partial charge in [-0.15, -0.1) is 0 Å². The molecule has 122 valence electrons. The third kappa shape index (κ3) is 3.98. The number of nitriles is 1. The van der Waals surface area contributed by atoms with Crippen LogP contribution in [-0.4, -0.2) is 10.9 Å². The van der Waals surface area contributed by atoms with Crippen LogP contribution in [0.2, 0.25) is 0 Å². The van der Waals surface area contributed by atoms with Crippen LogP contribution in [0.15, 0.2) is 66.9 Å². The van der Waals surface area contributed by atoms with Crippen molar-refractivity contribution in [3.8, 4) is 6.07 Å². The summed E-state index contributed by atoms with van der Waals surface area (Å²) in [4.78, 5) is 16.3. The molecule has 1 heterocycles. The maximum absolute atomic E-state index is 13.6. The smallest absolute Gasteiger partial charge is 0.258 e. The molecule has 2 N–H and O–H groups in total. The van der Waals surface area contributed by atoms with Gasteiger partial charge >= 0.3 is 0 Å². The fourth-order valence-electron chi connectivity index (χ4n) is 2.20. The molecule has 6 heteroatoms. The minimum absolute atomic E-state index is 0.0296. The average Bonchev–Trinajstić information content (AvgIpc) is 2.64. The number of amides is 1. The average molecular weight is 332 g/mol. The number of nitrogens with one attached hydrogen (secondary N) is 2. The van der Waals surface area contributed by atoms with Gasteiger partial charge in [0.05, 0.1) is 29.1 Å². The Morgan fingerprint density at radius 1 is 1.04 bits per heavy atom. The highest BCUT2D eigenvalue weighted by Gasteiger charge is 2.11. The Balaban J connectivity index is 1.69. The van der Waals surface area contributed by atoms with Crippen molar-refractivity contribution in [1.82, 2.24) is 4.98 Å². The molecule has 5 nitrogen and oxygen atoms in total. The Kier molecular flexibility index (Phi) is 4.67. The topological polar surface area (TPSA) is 77.8 Å². The van der Waals surface area contributed by atoms with Gasteiger partial charge in [-0.2, -0.15) is 5.26 Å². The quantitative estimate of drug-likeness (QED) is 0.754. The molecule has 0 radical (unpaired) electrons. The van der Waals surface area contributed by atoms with Crippen molar-refractivity contribution in [3.63, 3.8) is 0 Å². The van der Waals surface area contributed by atoms with E-state index in [1.54, 1.807) is 36.4 Å². The van der Waals surface area contributed by atoms with Gasteiger partial charge in [-0.25, -0.2) is 9.37 Å². The first-order valence-corrected chi connectivity index (χ1v) is 7.45. The molecule has 0 atom stereocenters. The van der Waals surface area contributed by atoms with Gasteiger partial charge in [-0.3, -0.25) is 4.79 Å². The summed E-state index contributed by atoms with van der Waals surface area (Å²) >= 11 is 0. The first-order chi connectivity index (χ1) is 12.2. The molecule has 0 saturated heterocycles. The number of nitrogens with zero attached hydrogens (tertiary/aromatic N) is 2. The van der Waals surface area contributed by atoms with Crippen molar-refractivity contribution in [2.45, 2.75) is 0 Å². The highest BCUT2D eigenvalue weighted by Crippen LogP contribution is 2.18. The highest BCUT2D eigenvalue weighted by molar-refractivity contribution is 6.04. The molecule has 0 unspecified atom stereocenters. The second-order valence-corrected chi connectivity index (χ2v) is 5.18. The standard InChI is InChI=1S/C19H13FN4O/c20-17-7-2-1-6-16(17)19(25)24-15-8-9-18(22-12-15)23-14-5-3-4-13(10-14)11-21/h1-10,12H,(H,22,23)(H,24,25). The van der Waals surface area contributed by atoms with Crippen molar-refractivity contribution in [2.75, 3.05) is 10.6 Å². The summed E-state index contributed by atoms with van der Waals surface area (Å²) in [5, 5.41) is 14.6. The number of rotatable bonds is 4. The van der Waals surface area contributed by atoms with Crippen molar-refractivity contribution in [1.29, 1.82) is 5.26 Å². The van der Waals surface area contributed by atoms with Gasteiger partial charge < -0.3 is 10.6 Å². The maximum Gasteiger partial charge on any atom is 0.258 e. The molecule has 0 aliphatic rings. The van der Waals surface area contributed by atoms with E-state index in [1.807, 2.05) is 6.07 Å². The van der Waals surface area contributed by atoms with Crippen molar-refractivity contribution in [3.05, 3.63) is 83.8 Å². The Morgan fingerprint density at radius 2 is 1.88 bits per heavy atom. The minimum Gasteiger partial charge on any atom is -0.340 e. The van der Waals surface area contributed by atoms with E-state index in [2.05, 4.69) is 21.7 Å². The number of hydrogen-bond acceptors (Lipinski definition) is 4. The van der Waals surface area contributed by atoms with Crippen LogP contribution >= 0.6 is 0 Å². The van der Waals surface area contributed by atoms with Gasteiger partial charge in [0.1, 0.15) is 11.6 Å². The highest BCUT2D eigenvalue weighted by atomic mass is 19.1. The van der Waals surface area contributed by atoms with E-state index >= 15 is 0 Å². The van der Waals surface area contributed by atoms with Crippen molar-refractivity contribution in [2.24, 2.45) is 0 Å². The number of anilines is 3. The molecule has 0 aliphatic carbocycles. The number of carbonyl (C=O) groups excluding carboxylic acids is 1. The van der Waals surface area contributed by atoms with Gasteiger partial charge in [0.2, 0.25) is 0 Å². The van der Waals surface area contributed by atoms with Crippen LogP contribution in [0.4, 0.5) is 21.6 Å². The number of pyridine rings is 1.